The van der Waals surface area contributed by atoms with Gasteiger partial charge in [0.05, 0.1) is 6.04 Å². The molecule has 4 heteroatoms. The van der Waals surface area contributed by atoms with Crippen LogP contribution in [0.15, 0.2) is 24.3 Å². The van der Waals surface area contributed by atoms with E-state index in [1.807, 2.05) is 31.2 Å². The van der Waals surface area contributed by atoms with Crippen molar-refractivity contribution >= 4 is 5.91 Å². The zero-order chi connectivity index (χ0) is 13.7. The second-order valence-corrected chi connectivity index (χ2v) is 4.55. The number of nitrogens with one attached hydrogen (secondary N) is 1. The first kappa shape index (κ1) is 13.6. The van der Waals surface area contributed by atoms with Gasteiger partial charge in [-0.3, -0.25) is 9.69 Å². The predicted octanol–water partition coefficient (Wildman–Crippen LogP) is 0.351. The molecule has 1 saturated heterocycles. The van der Waals surface area contributed by atoms with Crippen molar-refractivity contribution in [2.24, 2.45) is 0 Å². The van der Waals surface area contributed by atoms with Gasteiger partial charge >= 0.3 is 0 Å². The molecule has 1 amide bonds. The molecular weight excluding hydrogens is 240 g/mol. The van der Waals surface area contributed by atoms with Crippen LogP contribution in [0.3, 0.4) is 0 Å². The van der Waals surface area contributed by atoms with Gasteiger partial charge in [0, 0.05) is 25.2 Å². The second kappa shape index (κ2) is 6.37. The van der Waals surface area contributed by atoms with Crippen molar-refractivity contribution in [3.8, 4) is 11.8 Å². The number of benzene rings is 1. The summed E-state index contributed by atoms with van der Waals surface area (Å²) in [4.78, 5) is 13.8. The zero-order valence-corrected chi connectivity index (χ0v) is 11.0. The van der Waals surface area contributed by atoms with Crippen LogP contribution < -0.4 is 5.32 Å². The third kappa shape index (κ3) is 3.34. The van der Waals surface area contributed by atoms with Gasteiger partial charge in [0.2, 0.25) is 5.91 Å². The fourth-order valence-electron chi connectivity index (χ4n) is 2.18. The highest BCUT2D eigenvalue weighted by atomic mass is 16.2. The molecule has 2 N–H and O–H groups in total. The summed E-state index contributed by atoms with van der Waals surface area (Å²) in [5, 5.41) is 11.6. The van der Waals surface area contributed by atoms with Crippen molar-refractivity contribution in [1.29, 1.82) is 0 Å². The summed E-state index contributed by atoms with van der Waals surface area (Å²) in [7, 11) is 0. The molecule has 100 valence electrons. The first-order valence-electron chi connectivity index (χ1n) is 6.42. The van der Waals surface area contributed by atoms with Gasteiger partial charge in [0.1, 0.15) is 6.61 Å². The molecule has 19 heavy (non-hydrogen) atoms. The van der Waals surface area contributed by atoms with Crippen LogP contribution >= 0.6 is 0 Å². The molecule has 1 heterocycles. The predicted molar refractivity (Wildman–Crippen MR) is 73.3 cm³/mol. The summed E-state index contributed by atoms with van der Waals surface area (Å²) in [6.45, 7) is 4.00. The van der Waals surface area contributed by atoms with Gasteiger partial charge in [-0.2, -0.15) is 0 Å². The highest BCUT2D eigenvalue weighted by Gasteiger charge is 2.25. The second-order valence-electron chi connectivity index (χ2n) is 4.55. The summed E-state index contributed by atoms with van der Waals surface area (Å²) in [6, 6.07) is 7.73. The molecule has 1 aliphatic heterocycles. The van der Waals surface area contributed by atoms with Crippen molar-refractivity contribution in [1.82, 2.24) is 10.2 Å². The maximum absolute atomic E-state index is 11.6. The van der Waals surface area contributed by atoms with Gasteiger partial charge in [-0.1, -0.05) is 30.0 Å². The number of rotatable bonds is 2. The van der Waals surface area contributed by atoms with Crippen LogP contribution in [0, 0.1) is 11.8 Å². The number of aliphatic hydroxyl groups excluding tert-OH is 1. The number of amides is 1. The molecule has 2 rings (SSSR count). The Balaban J connectivity index is 2.16. The van der Waals surface area contributed by atoms with E-state index in [-0.39, 0.29) is 18.6 Å². The standard InChI is InChI=1S/C15H18N2O2/c1-12-15(19)16-8-9-17(12)11-14-6-3-2-5-13(14)7-4-10-18/h2-3,5-6,12,18H,8-11H2,1H3,(H,16,19). The number of nitrogens with zero attached hydrogens (tertiary/aromatic N) is 1. The number of hydrogen-bond acceptors (Lipinski definition) is 3. The molecule has 4 nitrogen and oxygen atoms in total. The van der Waals surface area contributed by atoms with Crippen LogP contribution in [0.2, 0.25) is 0 Å². The lowest BCUT2D eigenvalue weighted by Crippen LogP contribution is -2.53. The Kier molecular flexibility index (Phi) is 4.56. The van der Waals surface area contributed by atoms with E-state index in [1.54, 1.807) is 0 Å². The van der Waals surface area contributed by atoms with Crippen LogP contribution in [0.1, 0.15) is 18.1 Å². The van der Waals surface area contributed by atoms with Crippen molar-refractivity contribution < 1.29 is 9.90 Å². The van der Waals surface area contributed by atoms with E-state index in [0.29, 0.717) is 13.1 Å². The molecular formula is C15H18N2O2. The summed E-state index contributed by atoms with van der Waals surface area (Å²) >= 11 is 0. The Bertz CT molecular complexity index is 516. The lowest BCUT2D eigenvalue weighted by molar-refractivity contribution is -0.128. The number of aliphatic hydroxyl groups is 1. The Morgan fingerprint density at radius 2 is 2.26 bits per heavy atom. The molecule has 1 aromatic carbocycles. The first-order chi connectivity index (χ1) is 9.22. The Labute approximate surface area is 113 Å². The zero-order valence-electron chi connectivity index (χ0n) is 11.0. The van der Waals surface area contributed by atoms with E-state index in [1.165, 1.54) is 0 Å². The van der Waals surface area contributed by atoms with E-state index >= 15 is 0 Å². The van der Waals surface area contributed by atoms with Crippen molar-refractivity contribution in [3.05, 3.63) is 35.4 Å². The van der Waals surface area contributed by atoms with Crippen molar-refractivity contribution in [2.75, 3.05) is 19.7 Å². The first-order valence-corrected chi connectivity index (χ1v) is 6.42. The topological polar surface area (TPSA) is 52.6 Å². The summed E-state index contributed by atoms with van der Waals surface area (Å²) < 4.78 is 0. The van der Waals surface area contributed by atoms with Crippen LogP contribution in [0.5, 0.6) is 0 Å². The highest BCUT2D eigenvalue weighted by molar-refractivity contribution is 5.82. The fourth-order valence-corrected chi connectivity index (χ4v) is 2.18. The monoisotopic (exact) mass is 258 g/mol. The van der Waals surface area contributed by atoms with Crippen LogP contribution in [0.4, 0.5) is 0 Å². The molecule has 1 fully saturated rings. The third-order valence-corrected chi connectivity index (χ3v) is 3.32. The molecule has 0 radical (unpaired) electrons. The summed E-state index contributed by atoms with van der Waals surface area (Å²) in [5.74, 6) is 5.70. The number of piperazine rings is 1. The number of hydrogen-bond donors (Lipinski definition) is 2. The van der Waals surface area contributed by atoms with E-state index in [9.17, 15) is 4.79 Å². The molecule has 0 spiro atoms. The summed E-state index contributed by atoms with van der Waals surface area (Å²) in [5.41, 5.74) is 2.00. The quantitative estimate of drug-likeness (QED) is 0.753. The summed E-state index contributed by atoms with van der Waals surface area (Å²) in [6.07, 6.45) is 0. The SMILES string of the molecule is CC1C(=O)NCCN1Cc1ccccc1C#CCO. The van der Waals surface area contributed by atoms with Crippen molar-refractivity contribution in [2.45, 2.75) is 19.5 Å². The molecule has 0 saturated carbocycles. The van der Waals surface area contributed by atoms with Crippen molar-refractivity contribution in [3.63, 3.8) is 0 Å². The average molecular weight is 258 g/mol. The fraction of sp³-hybridized carbons (Fsp3) is 0.400. The average Bonchev–Trinajstić information content (AvgIpc) is 2.43. The Morgan fingerprint density at radius 1 is 1.47 bits per heavy atom. The molecule has 1 aliphatic rings. The minimum absolute atomic E-state index is 0.0742. The van der Waals surface area contributed by atoms with Gasteiger partial charge in [0.15, 0.2) is 0 Å². The number of carbonyl (C=O) groups is 1. The normalized spacial score (nSPS) is 19.5. The minimum atomic E-state index is -0.142. The van der Waals surface area contributed by atoms with Gasteiger partial charge in [-0.05, 0) is 18.6 Å². The lowest BCUT2D eigenvalue weighted by atomic mass is 10.1. The maximum Gasteiger partial charge on any atom is 0.237 e. The van der Waals surface area contributed by atoms with E-state index < -0.39 is 0 Å². The Hall–Kier alpha value is -1.83. The van der Waals surface area contributed by atoms with E-state index in [0.717, 1.165) is 17.7 Å². The molecule has 0 aliphatic carbocycles. The smallest absolute Gasteiger partial charge is 0.237 e. The van der Waals surface area contributed by atoms with Crippen LogP contribution in [-0.4, -0.2) is 41.7 Å². The maximum atomic E-state index is 11.6. The minimum Gasteiger partial charge on any atom is -0.384 e. The van der Waals surface area contributed by atoms with E-state index in [2.05, 4.69) is 22.1 Å². The molecule has 0 aromatic heterocycles. The Morgan fingerprint density at radius 3 is 3.05 bits per heavy atom. The molecule has 1 aromatic rings. The van der Waals surface area contributed by atoms with Gasteiger partial charge < -0.3 is 10.4 Å². The molecule has 1 atom stereocenters. The molecule has 0 bridgehead atoms. The van der Waals surface area contributed by atoms with Gasteiger partial charge in [-0.25, -0.2) is 0 Å². The van der Waals surface area contributed by atoms with Gasteiger partial charge in [-0.15, -0.1) is 0 Å². The largest absolute Gasteiger partial charge is 0.384 e. The van der Waals surface area contributed by atoms with Crippen LogP contribution in [0.25, 0.3) is 0 Å². The highest BCUT2D eigenvalue weighted by Crippen LogP contribution is 2.14. The number of carbonyl (C=O) groups excluding carboxylic acids is 1. The van der Waals surface area contributed by atoms with Crippen LogP contribution in [-0.2, 0) is 11.3 Å². The third-order valence-electron chi connectivity index (χ3n) is 3.32. The lowest BCUT2D eigenvalue weighted by Gasteiger charge is -2.32. The van der Waals surface area contributed by atoms with E-state index in [4.69, 9.17) is 5.11 Å². The van der Waals surface area contributed by atoms with Gasteiger partial charge in [0.25, 0.3) is 0 Å². The molecule has 1 unspecified atom stereocenters.